The number of nitro benzene ring substituents is 1. The molecule has 4 atom stereocenters. The van der Waals surface area contributed by atoms with Crippen molar-refractivity contribution < 1.29 is 48.0 Å². The topological polar surface area (TPSA) is 212 Å². The van der Waals surface area contributed by atoms with Crippen LogP contribution >= 0.6 is 0 Å². The third kappa shape index (κ3) is 8.30. The van der Waals surface area contributed by atoms with Crippen LogP contribution in [0.15, 0.2) is 113 Å². The molecule has 17 heteroatoms. The fraction of sp³-hybridized carbons (Fsp3) is 0.275. The Morgan fingerprint density at radius 1 is 0.860 bits per heavy atom. The Kier molecular flexibility index (Phi) is 12.2. The van der Waals surface area contributed by atoms with Gasteiger partial charge in [-0.05, 0) is 47.0 Å². The van der Waals surface area contributed by atoms with Crippen molar-refractivity contribution in [3.8, 4) is 23.0 Å². The van der Waals surface area contributed by atoms with Crippen molar-refractivity contribution in [1.82, 2.24) is 14.9 Å². The van der Waals surface area contributed by atoms with Gasteiger partial charge in [0, 0.05) is 12.3 Å². The quantitative estimate of drug-likeness (QED) is 0.0778. The summed E-state index contributed by atoms with van der Waals surface area (Å²) in [6.45, 7) is -0.876. The van der Waals surface area contributed by atoms with E-state index in [2.05, 4.69) is 10.3 Å². The molecule has 1 saturated heterocycles. The van der Waals surface area contributed by atoms with Crippen molar-refractivity contribution in [3.05, 3.63) is 156 Å². The summed E-state index contributed by atoms with van der Waals surface area (Å²) in [5.74, 6) is 1.49. The molecule has 6 rings (SSSR count). The van der Waals surface area contributed by atoms with Gasteiger partial charge >= 0.3 is 11.8 Å². The molecule has 5 aromatic rings. The molecule has 17 nitrogen and oxygen atoms in total. The molecule has 0 spiro atoms. The Morgan fingerprint density at radius 3 is 1.98 bits per heavy atom. The Hall–Kier alpha value is -6.69. The lowest BCUT2D eigenvalue weighted by Gasteiger charge is -2.37. The zero-order valence-electron chi connectivity index (χ0n) is 31.3. The number of amides is 1. The van der Waals surface area contributed by atoms with Crippen LogP contribution in [0.3, 0.4) is 0 Å². The van der Waals surface area contributed by atoms with Crippen LogP contribution in [0.4, 0.5) is 10.5 Å². The van der Waals surface area contributed by atoms with E-state index in [0.717, 1.165) is 28.5 Å². The van der Waals surface area contributed by atoms with E-state index in [9.17, 15) is 29.6 Å². The average molecular weight is 785 g/mol. The number of nitro groups is 1. The van der Waals surface area contributed by atoms with Crippen LogP contribution in [0, 0.1) is 10.1 Å². The van der Waals surface area contributed by atoms with Gasteiger partial charge in [0.2, 0.25) is 0 Å². The molecule has 57 heavy (non-hydrogen) atoms. The molecule has 1 aliphatic heterocycles. The number of aromatic nitrogens is 2. The Morgan fingerprint density at radius 2 is 1.44 bits per heavy atom. The summed E-state index contributed by atoms with van der Waals surface area (Å²) >= 11 is 0. The van der Waals surface area contributed by atoms with E-state index in [4.69, 9.17) is 33.2 Å². The molecule has 1 amide bonds. The van der Waals surface area contributed by atoms with E-state index in [1.165, 1.54) is 20.3 Å². The molecular weight excluding hydrogens is 744 g/mol. The number of alkyl carbamates (subject to hydrolysis) is 1. The number of methoxy groups -OCH3 is 4. The van der Waals surface area contributed by atoms with Gasteiger partial charge in [0.25, 0.3) is 11.2 Å². The number of rotatable bonds is 15. The molecule has 1 fully saturated rings. The van der Waals surface area contributed by atoms with Gasteiger partial charge in [-0.25, -0.2) is 9.59 Å². The second-order valence-corrected chi connectivity index (χ2v) is 12.7. The van der Waals surface area contributed by atoms with Gasteiger partial charge in [-0.15, -0.1) is 0 Å². The summed E-state index contributed by atoms with van der Waals surface area (Å²) < 4.78 is 40.8. The van der Waals surface area contributed by atoms with E-state index in [0.29, 0.717) is 22.6 Å². The highest BCUT2D eigenvalue weighted by molar-refractivity contribution is 5.68. The lowest BCUT2D eigenvalue weighted by molar-refractivity contribution is -0.385. The maximum absolute atomic E-state index is 13.4. The number of ether oxygens (including phenoxy) is 7. The first-order valence-electron chi connectivity index (χ1n) is 17.5. The number of carbonyl (C=O) groups excluding carboxylic acids is 1. The summed E-state index contributed by atoms with van der Waals surface area (Å²) in [5, 5.41) is 26.2. The second-order valence-electron chi connectivity index (χ2n) is 12.7. The van der Waals surface area contributed by atoms with Gasteiger partial charge < -0.3 is 43.6 Å². The molecule has 0 aliphatic carbocycles. The van der Waals surface area contributed by atoms with Crippen molar-refractivity contribution in [1.29, 1.82) is 0 Å². The molecule has 1 aromatic heterocycles. The van der Waals surface area contributed by atoms with Crippen LogP contribution in [0.25, 0.3) is 0 Å². The monoisotopic (exact) mass is 784 g/mol. The van der Waals surface area contributed by atoms with E-state index in [1.54, 1.807) is 38.5 Å². The predicted molar refractivity (Wildman–Crippen MR) is 203 cm³/mol. The number of aromatic amines is 1. The molecule has 0 unspecified atom stereocenters. The maximum atomic E-state index is 13.4. The van der Waals surface area contributed by atoms with Crippen LogP contribution in [0.1, 0.15) is 28.5 Å². The smallest absolute Gasteiger partial charge is 0.407 e. The summed E-state index contributed by atoms with van der Waals surface area (Å²) in [7, 11) is 5.78. The highest BCUT2D eigenvalue weighted by Crippen LogP contribution is 2.43. The second kappa shape index (κ2) is 17.4. The lowest BCUT2D eigenvalue weighted by Crippen LogP contribution is -2.49. The Bertz CT molecular complexity index is 2250. The number of nitrogens with zero attached hydrogens (tertiary/aromatic N) is 2. The number of nitrogens with one attached hydrogen (secondary N) is 2. The van der Waals surface area contributed by atoms with Crippen molar-refractivity contribution in [2.45, 2.75) is 36.7 Å². The number of hydrogen-bond donors (Lipinski definition) is 3. The van der Waals surface area contributed by atoms with Crippen LogP contribution < -0.4 is 35.5 Å². The molecular formula is C40H40N4O13. The van der Waals surface area contributed by atoms with Crippen molar-refractivity contribution in [3.63, 3.8) is 0 Å². The zero-order valence-corrected chi connectivity index (χ0v) is 31.3. The lowest BCUT2D eigenvalue weighted by atomic mass is 9.80. The minimum atomic E-state index is -1.53. The zero-order chi connectivity index (χ0) is 40.7. The number of benzene rings is 4. The van der Waals surface area contributed by atoms with Crippen LogP contribution in [0.5, 0.6) is 23.0 Å². The van der Waals surface area contributed by atoms with Crippen LogP contribution in [0.2, 0.25) is 0 Å². The van der Waals surface area contributed by atoms with Crippen molar-refractivity contribution in [2.75, 3.05) is 35.0 Å². The summed E-state index contributed by atoms with van der Waals surface area (Å²) in [5.41, 5.74) is -1.15. The number of carbonyl (C=O) groups is 1. The van der Waals surface area contributed by atoms with Gasteiger partial charge in [0.1, 0.15) is 42.0 Å². The molecule has 3 N–H and O–H groups in total. The highest BCUT2D eigenvalue weighted by atomic mass is 16.6. The molecule has 2 heterocycles. The predicted octanol–water partition coefficient (Wildman–Crippen LogP) is 4.04. The van der Waals surface area contributed by atoms with Gasteiger partial charge in [0.15, 0.2) is 17.7 Å². The van der Waals surface area contributed by atoms with Gasteiger partial charge in [-0.1, -0.05) is 54.6 Å². The first-order valence-corrected chi connectivity index (χ1v) is 17.5. The average Bonchev–Trinajstić information content (AvgIpc) is 3.53. The van der Waals surface area contributed by atoms with Gasteiger partial charge in [-0.2, -0.15) is 0 Å². The fourth-order valence-corrected chi connectivity index (χ4v) is 6.70. The fourth-order valence-electron chi connectivity index (χ4n) is 6.70. The van der Waals surface area contributed by atoms with E-state index in [1.807, 2.05) is 54.6 Å². The largest absolute Gasteiger partial charge is 0.497 e. The maximum Gasteiger partial charge on any atom is 0.407 e. The number of aliphatic hydroxyl groups is 1. The van der Waals surface area contributed by atoms with Gasteiger partial charge in [0.05, 0.1) is 51.6 Å². The van der Waals surface area contributed by atoms with E-state index < -0.39 is 64.6 Å². The molecule has 0 radical (unpaired) electrons. The van der Waals surface area contributed by atoms with Crippen LogP contribution in [-0.2, 0) is 26.4 Å². The standard InChI is InChI=1S/C40H40N4O13/c1-51-28-14-10-26(11-15-28)40(25-8-6-5-7-9-25,27-12-16-29(52-2)17-13-27)56-23-33-36(46)35(37(57-33)43-19-18-34(45)41-38(43)47)42-39(48)55-22-24-20-31(53-3)32(54-4)21-30(24)44(49)50/h5-21,33,35-37,46H,22-23H2,1-4H3,(H,42,48)(H,41,45,47)/t33-,35-,36-,37-/m1/s1. The minimum absolute atomic E-state index is 0.00924. The molecule has 0 bridgehead atoms. The van der Waals surface area contributed by atoms with Crippen molar-refractivity contribution in [2.24, 2.45) is 0 Å². The first kappa shape index (κ1) is 40.0. The Balaban J connectivity index is 1.33. The Labute approximate surface area is 325 Å². The summed E-state index contributed by atoms with van der Waals surface area (Å²) in [4.78, 5) is 51.7. The third-order valence-electron chi connectivity index (χ3n) is 9.56. The molecule has 298 valence electrons. The number of hydrogen-bond acceptors (Lipinski definition) is 13. The minimum Gasteiger partial charge on any atom is -0.497 e. The SMILES string of the molecule is COc1ccc(C(OC[C@H]2O[C@@H](n3ccc(=O)[nH]c3=O)[C@H](NC(=O)OCc3cc(OC)c(OC)cc3[N+](=O)[O-])[C@@H]2O)(c2ccccc2)c2ccc(OC)cc2)cc1. The van der Waals surface area contributed by atoms with E-state index >= 15 is 0 Å². The normalized spacial score (nSPS) is 17.7. The summed E-state index contributed by atoms with van der Waals surface area (Å²) in [6, 6.07) is 26.1. The van der Waals surface area contributed by atoms with E-state index in [-0.39, 0.29) is 23.7 Å². The number of H-pyrrole nitrogens is 1. The van der Waals surface area contributed by atoms with Crippen molar-refractivity contribution >= 4 is 11.8 Å². The molecule has 0 saturated carbocycles. The molecule has 1 aliphatic rings. The summed E-state index contributed by atoms with van der Waals surface area (Å²) in [6.07, 6.45) is -4.04. The highest BCUT2D eigenvalue weighted by Gasteiger charge is 2.48. The van der Waals surface area contributed by atoms with Crippen LogP contribution in [-0.4, -0.2) is 79.0 Å². The number of aliphatic hydroxyl groups excluding tert-OH is 1. The third-order valence-corrected chi connectivity index (χ3v) is 9.56. The van der Waals surface area contributed by atoms with Gasteiger partial charge in [-0.3, -0.25) is 24.5 Å². The molecule has 4 aromatic carbocycles. The first-order chi connectivity index (χ1) is 27.5.